The first-order valence-corrected chi connectivity index (χ1v) is 12.0. The Balaban J connectivity index is 1.54. The van der Waals surface area contributed by atoms with Crippen molar-refractivity contribution in [3.63, 3.8) is 0 Å². The van der Waals surface area contributed by atoms with Gasteiger partial charge in [0.2, 0.25) is 4.77 Å². The number of nitrogens with zero attached hydrogens (tertiary/aromatic N) is 2. The summed E-state index contributed by atoms with van der Waals surface area (Å²) in [6.07, 6.45) is 0. The number of nitrogens with one attached hydrogen (secondary N) is 2. The van der Waals surface area contributed by atoms with Crippen LogP contribution in [0.5, 0.6) is 11.5 Å². The van der Waals surface area contributed by atoms with Crippen molar-refractivity contribution in [1.29, 1.82) is 0 Å². The molecule has 0 atom stereocenters. The summed E-state index contributed by atoms with van der Waals surface area (Å²) in [5.74, 6) is 1.41. The highest BCUT2D eigenvalue weighted by molar-refractivity contribution is 9.10. The highest BCUT2D eigenvalue weighted by atomic mass is 79.9. The topological polar surface area (TPSA) is 64.1 Å². The van der Waals surface area contributed by atoms with Crippen LogP contribution in [0.3, 0.4) is 0 Å². The molecule has 34 heavy (non-hydrogen) atoms. The zero-order valence-corrected chi connectivity index (χ0v) is 21.3. The van der Waals surface area contributed by atoms with Crippen LogP contribution in [-0.4, -0.2) is 21.5 Å². The van der Waals surface area contributed by atoms with Crippen molar-refractivity contribution in [1.82, 2.24) is 14.9 Å². The molecule has 4 rings (SSSR count). The number of aromatic amines is 1. The van der Waals surface area contributed by atoms with Crippen molar-refractivity contribution in [3.05, 3.63) is 91.9 Å². The van der Waals surface area contributed by atoms with Crippen molar-refractivity contribution in [2.75, 3.05) is 12.0 Å². The average molecular weight is 564 g/mol. The molecule has 3 aromatic carbocycles. The van der Waals surface area contributed by atoms with E-state index in [0.717, 1.165) is 11.1 Å². The van der Waals surface area contributed by atoms with E-state index in [-0.39, 0.29) is 6.61 Å². The van der Waals surface area contributed by atoms with Crippen LogP contribution in [0.1, 0.15) is 18.1 Å². The SMILES string of the molecule is CCOc1cc(CNn2c(-c3ccccc3)n[nH]c2=S)cc(Br)c1OCc1ccc(F)cc1Cl. The Morgan fingerprint density at radius 2 is 1.94 bits per heavy atom. The van der Waals surface area contributed by atoms with E-state index in [4.69, 9.17) is 33.3 Å². The van der Waals surface area contributed by atoms with Gasteiger partial charge in [-0.3, -0.25) is 0 Å². The lowest BCUT2D eigenvalue weighted by Crippen LogP contribution is -2.16. The molecule has 0 bridgehead atoms. The number of rotatable bonds is 9. The van der Waals surface area contributed by atoms with Gasteiger partial charge in [-0.15, -0.1) is 0 Å². The van der Waals surface area contributed by atoms with Gasteiger partial charge in [0.1, 0.15) is 12.4 Å². The Kier molecular flexibility index (Phi) is 7.87. The number of aromatic nitrogens is 3. The number of hydrogen-bond acceptors (Lipinski definition) is 5. The van der Waals surface area contributed by atoms with E-state index in [0.29, 0.717) is 50.3 Å². The van der Waals surface area contributed by atoms with Crippen molar-refractivity contribution in [3.8, 4) is 22.9 Å². The van der Waals surface area contributed by atoms with Gasteiger partial charge in [-0.25, -0.2) is 14.2 Å². The van der Waals surface area contributed by atoms with Gasteiger partial charge in [-0.05, 0) is 64.9 Å². The molecule has 0 aliphatic carbocycles. The normalized spacial score (nSPS) is 10.8. The molecule has 0 aliphatic rings. The fourth-order valence-corrected chi connectivity index (χ4v) is 4.33. The van der Waals surface area contributed by atoms with Gasteiger partial charge in [0.25, 0.3) is 0 Å². The summed E-state index contributed by atoms with van der Waals surface area (Å²) in [6, 6.07) is 17.8. The second-order valence-corrected chi connectivity index (χ2v) is 8.90. The predicted molar refractivity (Wildman–Crippen MR) is 137 cm³/mol. The van der Waals surface area contributed by atoms with Crippen molar-refractivity contribution in [2.24, 2.45) is 0 Å². The number of benzene rings is 3. The molecule has 176 valence electrons. The van der Waals surface area contributed by atoms with Gasteiger partial charge < -0.3 is 14.9 Å². The predicted octanol–water partition coefficient (Wildman–Crippen LogP) is 6.88. The van der Waals surface area contributed by atoms with Gasteiger partial charge in [0, 0.05) is 11.1 Å². The van der Waals surface area contributed by atoms with Gasteiger partial charge in [0.15, 0.2) is 17.3 Å². The number of hydrogen-bond donors (Lipinski definition) is 2. The van der Waals surface area contributed by atoms with Gasteiger partial charge in [0.05, 0.1) is 22.6 Å². The molecular formula is C24H21BrClFN4O2S. The number of H-pyrrole nitrogens is 1. The first-order valence-electron chi connectivity index (χ1n) is 10.4. The lowest BCUT2D eigenvalue weighted by molar-refractivity contribution is 0.267. The fraction of sp³-hybridized carbons (Fsp3) is 0.167. The number of halogens is 3. The summed E-state index contributed by atoms with van der Waals surface area (Å²) < 4.78 is 28.1. The molecule has 6 nitrogen and oxygen atoms in total. The minimum Gasteiger partial charge on any atom is -0.490 e. The molecule has 0 amide bonds. The Morgan fingerprint density at radius 3 is 2.68 bits per heavy atom. The second kappa shape index (κ2) is 11.0. The third-order valence-electron chi connectivity index (χ3n) is 4.90. The van der Waals surface area contributed by atoms with Crippen molar-refractivity contribution < 1.29 is 13.9 Å². The summed E-state index contributed by atoms with van der Waals surface area (Å²) >= 11 is 15.1. The lowest BCUT2D eigenvalue weighted by Gasteiger charge is -2.17. The summed E-state index contributed by atoms with van der Waals surface area (Å²) in [7, 11) is 0. The first kappa shape index (κ1) is 24.3. The molecule has 0 fully saturated rings. The molecule has 0 spiro atoms. The van der Waals surface area contributed by atoms with Crippen LogP contribution in [0.2, 0.25) is 5.02 Å². The van der Waals surface area contributed by atoms with Crippen molar-refractivity contribution >= 4 is 39.7 Å². The molecular weight excluding hydrogens is 543 g/mol. The monoisotopic (exact) mass is 562 g/mol. The third-order valence-corrected chi connectivity index (χ3v) is 6.12. The van der Waals surface area contributed by atoms with Crippen LogP contribution >= 0.6 is 39.7 Å². The standard InChI is InChI=1S/C24H21BrClFN4O2S/c1-2-32-21-11-15(10-19(25)22(21)33-14-17-8-9-18(27)12-20(17)26)13-28-31-23(29-30-24(31)34)16-6-4-3-5-7-16/h3-12,28H,2,13-14H2,1H3,(H,30,34). The van der Waals surface area contributed by atoms with E-state index in [1.807, 2.05) is 49.4 Å². The summed E-state index contributed by atoms with van der Waals surface area (Å²) in [5, 5.41) is 7.47. The van der Waals surface area contributed by atoms with Crippen LogP contribution in [0.25, 0.3) is 11.4 Å². The molecule has 0 radical (unpaired) electrons. The van der Waals surface area contributed by atoms with E-state index < -0.39 is 5.82 Å². The Labute approximate surface area is 214 Å². The summed E-state index contributed by atoms with van der Waals surface area (Å²) in [4.78, 5) is 0. The van der Waals surface area contributed by atoms with Crippen molar-refractivity contribution in [2.45, 2.75) is 20.1 Å². The van der Waals surface area contributed by atoms with E-state index in [1.54, 1.807) is 10.7 Å². The molecule has 10 heteroatoms. The highest BCUT2D eigenvalue weighted by Crippen LogP contribution is 2.38. The van der Waals surface area contributed by atoms with Gasteiger partial charge >= 0.3 is 0 Å². The molecule has 0 unspecified atom stereocenters. The Bertz CT molecular complexity index is 1350. The molecule has 4 aromatic rings. The summed E-state index contributed by atoms with van der Waals surface area (Å²) in [5.41, 5.74) is 5.85. The largest absolute Gasteiger partial charge is 0.490 e. The summed E-state index contributed by atoms with van der Waals surface area (Å²) in [6.45, 7) is 2.98. The van der Waals surface area contributed by atoms with E-state index >= 15 is 0 Å². The maximum atomic E-state index is 13.3. The minimum absolute atomic E-state index is 0.167. The van der Waals surface area contributed by atoms with Gasteiger partial charge in [-0.1, -0.05) is 48.0 Å². The Morgan fingerprint density at radius 1 is 1.15 bits per heavy atom. The molecule has 1 aromatic heterocycles. The van der Waals surface area contributed by atoms with Crippen LogP contribution in [0, 0.1) is 10.6 Å². The number of ether oxygens (including phenoxy) is 2. The van der Waals surface area contributed by atoms with Crippen LogP contribution in [-0.2, 0) is 13.2 Å². The van der Waals surface area contributed by atoms with Crippen LogP contribution in [0.4, 0.5) is 4.39 Å². The first-order chi connectivity index (χ1) is 16.5. The third kappa shape index (κ3) is 5.60. The van der Waals surface area contributed by atoms with Gasteiger partial charge in [-0.2, -0.15) is 5.10 Å². The Hall–Kier alpha value is -2.88. The molecule has 2 N–H and O–H groups in total. The maximum Gasteiger partial charge on any atom is 0.214 e. The lowest BCUT2D eigenvalue weighted by atomic mass is 10.2. The highest BCUT2D eigenvalue weighted by Gasteiger charge is 2.15. The smallest absolute Gasteiger partial charge is 0.214 e. The zero-order chi connectivity index (χ0) is 24.1. The van der Waals surface area contributed by atoms with Crippen LogP contribution < -0.4 is 14.9 Å². The van der Waals surface area contributed by atoms with E-state index in [2.05, 4.69) is 31.6 Å². The second-order valence-electron chi connectivity index (χ2n) is 7.25. The van der Waals surface area contributed by atoms with Crippen LogP contribution in [0.15, 0.2) is 65.1 Å². The molecule has 0 aliphatic heterocycles. The minimum atomic E-state index is -0.394. The quantitative estimate of drug-likeness (QED) is 0.217. The van der Waals surface area contributed by atoms with E-state index in [9.17, 15) is 4.39 Å². The molecule has 0 saturated heterocycles. The molecule has 0 saturated carbocycles. The average Bonchev–Trinajstić information content (AvgIpc) is 3.19. The maximum absolute atomic E-state index is 13.3. The van der Waals surface area contributed by atoms with E-state index in [1.165, 1.54) is 12.1 Å². The molecule has 1 heterocycles. The zero-order valence-electron chi connectivity index (χ0n) is 18.1. The fourth-order valence-electron chi connectivity index (χ4n) is 3.31.